The van der Waals surface area contributed by atoms with Gasteiger partial charge in [-0.05, 0) is 25.7 Å². The number of rotatable bonds is 2. The maximum atomic E-state index is 10.8. The van der Waals surface area contributed by atoms with Gasteiger partial charge in [-0.25, -0.2) is 0 Å². The van der Waals surface area contributed by atoms with E-state index in [0.29, 0.717) is 18.6 Å². The molecule has 0 aromatic carbocycles. The molecule has 0 aromatic heterocycles. The number of hydrogen-bond acceptors (Lipinski definition) is 2. The van der Waals surface area contributed by atoms with Crippen LogP contribution in [0.3, 0.4) is 0 Å². The van der Waals surface area contributed by atoms with Crippen LogP contribution in [0.1, 0.15) is 32.1 Å². The second kappa shape index (κ2) is 3.05. The van der Waals surface area contributed by atoms with Gasteiger partial charge in [0, 0.05) is 12.1 Å². The van der Waals surface area contributed by atoms with E-state index in [4.69, 9.17) is 5.73 Å². The Morgan fingerprint density at radius 2 is 1.83 bits per heavy atom. The van der Waals surface area contributed by atoms with Gasteiger partial charge >= 0.3 is 0 Å². The minimum Gasteiger partial charge on any atom is -0.369 e. The molecule has 2 bridgehead atoms. The number of piperidine rings is 1. The molecule has 2 aliphatic rings. The lowest BCUT2D eigenvalue weighted by Crippen LogP contribution is -2.44. The lowest BCUT2D eigenvalue weighted by atomic mass is 10.0. The minimum atomic E-state index is -0.172. The second-order valence-electron chi connectivity index (χ2n) is 3.95. The number of carbonyl (C=O) groups excluding carboxylic acids is 1. The summed E-state index contributed by atoms with van der Waals surface area (Å²) >= 11 is 0. The fourth-order valence-corrected chi connectivity index (χ4v) is 2.66. The Hall–Kier alpha value is -0.570. The molecule has 0 radical (unpaired) electrons. The lowest BCUT2D eigenvalue weighted by Gasteiger charge is -2.33. The van der Waals surface area contributed by atoms with E-state index in [-0.39, 0.29) is 5.91 Å². The van der Waals surface area contributed by atoms with Crippen molar-refractivity contribution in [1.82, 2.24) is 4.90 Å². The minimum absolute atomic E-state index is 0.172. The van der Waals surface area contributed by atoms with Crippen molar-refractivity contribution >= 4 is 5.91 Å². The Morgan fingerprint density at radius 1 is 1.25 bits per heavy atom. The molecule has 68 valence electrons. The van der Waals surface area contributed by atoms with E-state index in [9.17, 15) is 4.79 Å². The van der Waals surface area contributed by atoms with Crippen molar-refractivity contribution in [2.24, 2.45) is 5.73 Å². The van der Waals surface area contributed by atoms with Crippen molar-refractivity contribution in [3.63, 3.8) is 0 Å². The molecule has 1 amide bonds. The standard InChI is InChI=1S/C9H16N2O/c10-9(12)6-11-7-2-1-3-8(11)5-4-7/h7-8H,1-6H2,(H2,10,12)/t7-,8+. The van der Waals surface area contributed by atoms with Gasteiger partial charge in [0.1, 0.15) is 0 Å². The fraction of sp³-hybridized carbons (Fsp3) is 0.889. The lowest BCUT2D eigenvalue weighted by molar-refractivity contribution is -0.120. The van der Waals surface area contributed by atoms with Gasteiger partial charge in [0.05, 0.1) is 6.54 Å². The van der Waals surface area contributed by atoms with E-state index in [0.717, 1.165) is 0 Å². The van der Waals surface area contributed by atoms with Crippen LogP contribution in [0.5, 0.6) is 0 Å². The Kier molecular flexibility index (Phi) is 2.05. The zero-order valence-electron chi connectivity index (χ0n) is 7.33. The van der Waals surface area contributed by atoms with Crippen LogP contribution in [-0.2, 0) is 4.79 Å². The van der Waals surface area contributed by atoms with Gasteiger partial charge in [0.2, 0.25) is 5.91 Å². The SMILES string of the molecule is NC(=O)CN1[C@@H]2CCC[C@H]1CC2. The van der Waals surface area contributed by atoms with Crippen LogP contribution < -0.4 is 5.73 Å². The van der Waals surface area contributed by atoms with Crippen molar-refractivity contribution in [3.8, 4) is 0 Å². The average molecular weight is 168 g/mol. The van der Waals surface area contributed by atoms with Crippen LogP contribution in [0.25, 0.3) is 0 Å². The molecular formula is C9H16N2O. The highest BCUT2D eigenvalue weighted by atomic mass is 16.1. The topological polar surface area (TPSA) is 46.3 Å². The predicted molar refractivity (Wildman–Crippen MR) is 46.6 cm³/mol. The molecule has 3 heteroatoms. The van der Waals surface area contributed by atoms with E-state index in [1.807, 2.05) is 0 Å². The largest absolute Gasteiger partial charge is 0.369 e. The third kappa shape index (κ3) is 1.33. The molecule has 0 aromatic rings. The Bertz CT molecular complexity index is 177. The van der Waals surface area contributed by atoms with Gasteiger partial charge in [0.25, 0.3) is 0 Å². The van der Waals surface area contributed by atoms with Gasteiger partial charge in [-0.3, -0.25) is 9.69 Å². The van der Waals surface area contributed by atoms with Gasteiger partial charge in [0.15, 0.2) is 0 Å². The average Bonchev–Trinajstić information content (AvgIpc) is 2.30. The summed E-state index contributed by atoms with van der Waals surface area (Å²) in [5.41, 5.74) is 5.19. The van der Waals surface area contributed by atoms with Crippen molar-refractivity contribution in [3.05, 3.63) is 0 Å². The molecule has 2 rings (SSSR count). The van der Waals surface area contributed by atoms with E-state index >= 15 is 0 Å². The van der Waals surface area contributed by atoms with Crippen LogP contribution >= 0.6 is 0 Å². The molecule has 2 atom stereocenters. The molecule has 3 nitrogen and oxygen atoms in total. The molecule has 2 N–H and O–H groups in total. The van der Waals surface area contributed by atoms with Crippen molar-refractivity contribution in [2.75, 3.05) is 6.54 Å². The number of primary amides is 1. The van der Waals surface area contributed by atoms with Crippen LogP contribution in [0.2, 0.25) is 0 Å². The summed E-state index contributed by atoms with van der Waals surface area (Å²) in [5.74, 6) is -0.172. The highest BCUT2D eigenvalue weighted by molar-refractivity contribution is 5.76. The number of hydrogen-bond donors (Lipinski definition) is 1. The summed E-state index contributed by atoms with van der Waals surface area (Å²) < 4.78 is 0. The maximum absolute atomic E-state index is 10.8. The van der Waals surface area contributed by atoms with Crippen LogP contribution in [0, 0.1) is 0 Å². The first-order valence-corrected chi connectivity index (χ1v) is 4.81. The Balaban J connectivity index is 2.00. The van der Waals surface area contributed by atoms with Crippen LogP contribution in [-0.4, -0.2) is 29.4 Å². The summed E-state index contributed by atoms with van der Waals surface area (Å²) in [6.07, 6.45) is 6.42. The van der Waals surface area contributed by atoms with Gasteiger partial charge in [-0.2, -0.15) is 0 Å². The molecule has 2 fully saturated rings. The summed E-state index contributed by atoms with van der Waals surface area (Å²) in [6.45, 7) is 0.481. The quantitative estimate of drug-likeness (QED) is 0.652. The Morgan fingerprint density at radius 3 is 2.33 bits per heavy atom. The number of nitrogens with zero attached hydrogens (tertiary/aromatic N) is 1. The van der Waals surface area contributed by atoms with Crippen molar-refractivity contribution < 1.29 is 4.79 Å². The molecule has 2 heterocycles. The highest BCUT2D eigenvalue weighted by Crippen LogP contribution is 2.34. The first kappa shape index (κ1) is 8.05. The fourth-order valence-electron chi connectivity index (χ4n) is 2.66. The van der Waals surface area contributed by atoms with Crippen molar-refractivity contribution in [1.29, 1.82) is 0 Å². The zero-order valence-corrected chi connectivity index (χ0v) is 7.33. The third-order valence-corrected chi connectivity index (χ3v) is 3.18. The smallest absolute Gasteiger partial charge is 0.231 e. The first-order chi connectivity index (χ1) is 5.77. The van der Waals surface area contributed by atoms with E-state index in [2.05, 4.69) is 4.90 Å². The molecular weight excluding hydrogens is 152 g/mol. The van der Waals surface area contributed by atoms with E-state index < -0.39 is 0 Å². The monoisotopic (exact) mass is 168 g/mol. The number of carbonyl (C=O) groups is 1. The summed E-state index contributed by atoms with van der Waals surface area (Å²) in [7, 11) is 0. The van der Waals surface area contributed by atoms with Crippen LogP contribution in [0.15, 0.2) is 0 Å². The van der Waals surface area contributed by atoms with Crippen LogP contribution in [0.4, 0.5) is 0 Å². The normalized spacial score (nSPS) is 35.3. The third-order valence-electron chi connectivity index (χ3n) is 3.18. The number of fused-ring (bicyclic) bond motifs is 2. The Labute approximate surface area is 72.9 Å². The van der Waals surface area contributed by atoms with E-state index in [1.165, 1.54) is 32.1 Å². The van der Waals surface area contributed by atoms with Gasteiger partial charge in [-0.15, -0.1) is 0 Å². The molecule has 0 unspecified atom stereocenters. The predicted octanol–water partition coefficient (Wildman–Crippen LogP) is 0.489. The molecule has 2 aliphatic heterocycles. The summed E-state index contributed by atoms with van der Waals surface area (Å²) in [4.78, 5) is 13.1. The van der Waals surface area contributed by atoms with E-state index in [1.54, 1.807) is 0 Å². The summed E-state index contributed by atoms with van der Waals surface area (Å²) in [5, 5.41) is 0. The molecule has 0 saturated carbocycles. The zero-order chi connectivity index (χ0) is 8.55. The number of amides is 1. The first-order valence-electron chi connectivity index (χ1n) is 4.81. The molecule has 0 spiro atoms. The summed E-state index contributed by atoms with van der Waals surface area (Å²) in [6, 6.07) is 1.33. The van der Waals surface area contributed by atoms with Crippen molar-refractivity contribution in [2.45, 2.75) is 44.2 Å². The van der Waals surface area contributed by atoms with Gasteiger partial charge in [-0.1, -0.05) is 6.42 Å². The molecule has 0 aliphatic carbocycles. The number of nitrogens with two attached hydrogens (primary N) is 1. The second-order valence-corrected chi connectivity index (χ2v) is 3.95. The highest BCUT2D eigenvalue weighted by Gasteiger charge is 2.36. The maximum Gasteiger partial charge on any atom is 0.231 e. The molecule has 2 saturated heterocycles. The van der Waals surface area contributed by atoms with Gasteiger partial charge < -0.3 is 5.73 Å². The molecule has 12 heavy (non-hydrogen) atoms.